The normalized spacial score (nSPS) is 17.9. The first-order valence-corrected chi connectivity index (χ1v) is 5.67. The molecule has 0 atom stereocenters. The van der Waals surface area contributed by atoms with E-state index in [1.807, 2.05) is 25.3 Å². The Kier molecular flexibility index (Phi) is 2.37. The molecule has 1 aromatic rings. The fraction of sp³-hybridized carbons (Fsp3) is 0.750. The Morgan fingerprint density at radius 2 is 1.81 bits per heavy atom. The van der Waals surface area contributed by atoms with Crippen LogP contribution >= 0.6 is 0 Å². The van der Waals surface area contributed by atoms with Gasteiger partial charge in [-0.15, -0.1) is 0 Å². The van der Waals surface area contributed by atoms with Gasteiger partial charge in [0, 0.05) is 24.6 Å². The summed E-state index contributed by atoms with van der Waals surface area (Å²) < 4.78 is 28.4. The molecule has 0 aliphatic heterocycles. The molecule has 1 fully saturated rings. The number of hydrogen-bond acceptors (Lipinski definition) is 1. The van der Waals surface area contributed by atoms with Gasteiger partial charge in [-0.25, -0.2) is 4.98 Å². The van der Waals surface area contributed by atoms with Crippen molar-refractivity contribution in [2.75, 3.05) is 0 Å². The van der Waals surface area contributed by atoms with E-state index in [1.54, 1.807) is 0 Å². The van der Waals surface area contributed by atoms with Crippen LogP contribution in [0.3, 0.4) is 0 Å². The van der Waals surface area contributed by atoms with Crippen molar-refractivity contribution in [2.24, 2.45) is 0 Å². The minimum absolute atomic E-state index is 0.107. The van der Waals surface area contributed by atoms with E-state index in [0.717, 1.165) is 25.6 Å². The monoisotopic (exact) mass is 228 g/mol. The van der Waals surface area contributed by atoms with Gasteiger partial charge < -0.3 is 4.57 Å². The summed E-state index contributed by atoms with van der Waals surface area (Å²) in [5.74, 6) is -2.08. The lowest BCUT2D eigenvalue weighted by Gasteiger charge is -2.19. The molecule has 16 heavy (non-hydrogen) atoms. The van der Waals surface area contributed by atoms with E-state index in [-0.39, 0.29) is 11.1 Å². The van der Waals surface area contributed by atoms with Gasteiger partial charge in [0.2, 0.25) is 0 Å². The lowest BCUT2D eigenvalue weighted by atomic mass is 9.95. The van der Waals surface area contributed by atoms with Crippen LogP contribution in [0.5, 0.6) is 0 Å². The quantitative estimate of drug-likeness (QED) is 0.755. The summed E-state index contributed by atoms with van der Waals surface area (Å²) in [6, 6.07) is 0.387. The van der Waals surface area contributed by atoms with E-state index in [2.05, 4.69) is 4.98 Å². The largest absolute Gasteiger partial charge is 0.331 e. The highest BCUT2D eigenvalue weighted by atomic mass is 19.3. The molecule has 90 valence electrons. The van der Waals surface area contributed by atoms with Gasteiger partial charge in [-0.3, -0.25) is 0 Å². The number of imidazole rings is 1. The highest BCUT2D eigenvalue weighted by Gasteiger charge is 2.36. The van der Waals surface area contributed by atoms with Crippen LogP contribution in [-0.2, 0) is 11.3 Å². The van der Waals surface area contributed by atoms with Crippen molar-refractivity contribution in [3.8, 4) is 0 Å². The van der Waals surface area contributed by atoms with E-state index in [9.17, 15) is 8.78 Å². The number of aromatic nitrogens is 2. The second kappa shape index (κ2) is 3.28. The molecule has 1 aromatic heterocycles. The SMILES string of the molecule is CC(C)(C)c1nc(C(C)(F)F)cn1C1CC1. The van der Waals surface area contributed by atoms with Crippen molar-refractivity contribution >= 4 is 0 Å². The molecule has 0 amide bonds. The average molecular weight is 228 g/mol. The molecule has 0 aromatic carbocycles. The fourth-order valence-electron chi connectivity index (χ4n) is 1.79. The Hall–Kier alpha value is -0.930. The molecule has 2 nitrogen and oxygen atoms in total. The molecule has 0 spiro atoms. The minimum Gasteiger partial charge on any atom is -0.331 e. The molecule has 1 aliphatic carbocycles. The Morgan fingerprint density at radius 3 is 2.19 bits per heavy atom. The van der Waals surface area contributed by atoms with E-state index in [4.69, 9.17) is 0 Å². The highest BCUT2D eigenvalue weighted by molar-refractivity contribution is 5.17. The maximum Gasteiger partial charge on any atom is 0.288 e. The number of rotatable bonds is 2. The molecule has 0 unspecified atom stereocenters. The summed E-state index contributed by atoms with van der Waals surface area (Å²) in [6.45, 7) is 6.92. The molecule has 0 radical (unpaired) electrons. The lowest BCUT2D eigenvalue weighted by Crippen LogP contribution is -2.18. The van der Waals surface area contributed by atoms with Gasteiger partial charge in [-0.2, -0.15) is 8.78 Å². The van der Waals surface area contributed by atoms with Crippen LogP contribution in [-0.4, -0.2) is 9.55 Å². The third-order valence-corrected chi connectivity index (χ3v) is 2.79. The van der Waals surface area contributed by atoms with Crippen molar-refractivity contribution < 1.29 is 8.78 Å². The molecular formula is C12H18F2N2. The minimum atomic E-state index is -2.85. The molecule has 1 heterocycles. The number of nitrogens with zero attached hydrogens (tertiary/aromatic N) is 2. The molecule has 0 saturated heterocycles. The van der Waals surface area contributed by atoms with Crippen LogP contribution in [0.2, 0.25) is 0 Å². The van der Waals surface area contributed by atoms with Crippen LogP contribution < -0.4 is 0 Å². The van der Waals surface area contributed by atoms with E-state index < -0.39 is 5.92 Å². The van der Waals surface area contributed by atoms with Crippen molar-refractivity contribution in [2.45, 2.75) is 57.9 Å². The Balaban J connectivity index is 2.46. The predicted octanol–water partition coefficient (Wildman–Crippen LogP) is 3.63. The van der Waals surface area contributed by atoms with Gasteiger partial charge in [0.1, 0.15) is 11.5 Å². The van der Waals surface area contributed by atoms with E-state index >= 15 is 0 Å². The summed E-state index contributed by atoms with van der Waals surface area (Å²) >= 11 is 0. The van der Waals surface area contributed by atoms with Crippen LogP contribution in [0.25, 0.3) is 0 Å². The molecule has 2 rings (SSSR count). The maximum absolute atomic E-state index is 13.2. The van der Waals surface area contributed by atoms with E-state index in [1.165, 1.54) is 6.20 Å². The van der Waals surface area contributed by atoms with Gasteiger partial charge in [-0.1, -0.05) is 20.8 Å². The Labute approximate surface area is 94.7 Å². The summed E-state index contributed by atoms with van der Waals surface area (Å²) in [7, 11) is 0. The molecule has 0 N–H and O–H groups in total. The third kappa shape index (κ3) is 2.11. The van der Waals surface area contributed by atoms with Crippen molar-refractivity contribution in [1.29, 1.82) is 0 Å². The van der Waals surface area contributed by atoms with Gasteiger partial charge in [0.15, 0.2) is 0 Å². The predicted molar refractivity (Wildman–Crippen MR) is 58.8 cm³/mol. The zero-order valence-electron chi connectivity index (χ0n) is 10.2. The molecule has 1 aliphatic rings. The Bertz CT molecular complexity index is 392. The smallest absolute Gasteiger partial charge is 0.288 e. The van der Waals surface area contributed by atoms with E-state index in [0.29, 0.717) is 6.04 Å². The number of halogens is 2. The first-order chi connectivity index (χ1) is 7.19. The van der Waals surface area contributed by atoms with Gasteiger partial charge in [0.05, 0.1) is 0 Å². The summed E-state index contributed by atoms with van der Waals surface area (Å²) in [5.41, 5.74) is -0.296. The average Bonchev–Trinajstić information content (AvgIpc) is 2.79. The Morgan fingerprint density at radius 1 is 1.25 bits per heavy atom. The zero-order valence-corrected chi connectivity index (χ0v) is 10.2. The molecule has 0 bridgehead atoms. The summed E-state index contributed by atoms with van der Waals surface area (Å²) in [5, 5.41) is 0. The molecule has 4 heteroatoms. The van der Waals surface area contributed by atoms with Crippen LogP contribution in [0.15, 0.2) is 6.20 Å². The fourth-order valence-corrected chi connectivity index (χ4v) is 1.79. The van der Waals surface area contributed by atoms with Crippen molar-refractivity contribution in [3.05, 3.63) is 17.7 Å². The van der Waals surface area contributed by atoms with Crippen LogP contribution in [0, 0.1) is 0 Å². The first kappa shape index (κ1) is 11.6. The summed E-state index contributed by atoms with van der Waals surface area (Å²) in [4.78, 5) is 4.13. The topological polar surface area (TPSA) is 17.8 Å². The second-order valence-electron chi connectivity index (χ2n) is 5.73. The first-order valence-electron chi connectivity index (χ1n) is 5.67. The molecular weight excluding hydrogens is 210 g/mol. The zero-order chi connectivity index (χ0) is 12.1. The second-order valence-corrected chi connectivity index (χ2v) is 5.73. The van der Waals surface area contributed by atoms with Gasteiger partial charge >= 0.3 is 0 Å². The third-order valence-electron chi connectivity index (χ3n) is 2.79. The molecule has 1 saturated carbocycles. The number of alkyl halides is 2. The van der Waals surface area contributed by atoms with Crippen molar-refractivity contribution in [1.82, 2.24) is 9.55 Å². The lowest BCUT2D eigenvalue weighted by molar-refractivity contribution is 0.0129. The van der Waals surface area contributed by atoms with Crippen LogP contribution in [0.4, 0.5) is 8.78 Å². The summed E-state index contributed by atoms with van der Waals surface area (Å²) in [6.07, 6.45) is 3.68. The number of hydrogen-bond donors (Lipinski definition) is 0. The van der Waals surface area contributed by atoms with Gasteiger partial charge in [0.25, 0.3) is 5.92 Å². The highest BCUT2D eigenvalue weighted by Crippen LogP contribution is 2.40. The maximum atomic E-state index is 13.2. The van der Waals surface area contributed by atoms with Gasteiger partial charge in [-0.05, 0) is 12.8 Å². The van der Waals surface area contributed by atoms with Crippen molar-refractivity contribution in [3.63, 3.8) is 0 Å². The standard InChI is InChI=1S/C12H18F2N2/c1-11(2,3)10-15-9(12(4,13)14)7-16(10)8-5-6-8/h7-8H,5-6H2,1-4H3. The van der Waals surface area contributed by atoms with Crippen LogP contribution in [0.1, 0.15) is 58.1 Å².